The molecule has 1 aliphatic heterocycles. The summed E-state index contributed by atoms with van der Waals surface area (Å²) in [6, 6.07) is 3.26. The first-order valence-electron chi connectivity index (χ1n) is 6.90. The molecule has 2 heterocycles. The highest BCUT2D eigenvalue weighted by Gasteiger charge is 2.29. The largest absolute Gasteiger partial charge is 0.481 e. The van der Waals surface area contributed by atoms with Gasteiger partial charge in [-0.25, -0.2) is 0 Å². The summed E-state index contributed by atoms with van der Waals surface area (Å²) >= 11 is 6.96. The zero-order valence-corrected chi connectivity index (χ0v) is 13.7. The highest BCUT2D eigenvalue weighted by atomic mass is 35.5. The van der Waals surface area contributed by atoms with Gasteiger partial charge in [0, 0.05) is 20.1 Å². The summed E-state index contributed by atoms with van der Waals surface area (Å²) in [5.74, 6) is -1.90. The fraction of sp³-hybridized carbons (Fsp3) is 0.500. The van der Waals surface area contributed by atoms with Crippen molar-refractivity contribution in [2.45, 2.75) is 12.8 Å². The van der Waals surface area contributed by atoms with Gasteiger partial charge in [0.1, 0.15) is 0 Å². The topological polar surface area (TPSA) is 77.9 Å². The fourth-order valence-electron chi connectivity index (χ4n) is 2.40. The molecule has 1 saturated heterocycles. The Morgan fingerprint density at radius 2 is 2.18 bits per heavy atom. The number of carbonyl (C=O) groups excluding carboxylic acids is 2. The Labute approximate surface area is 137 Å². The molecule has 0 radical (unpaired) electrons. The Bertz CT molecular complexity index is 589. The number of likely N-dealkylation sites (tertiary alicyclic amines) is 1. The van der Waals surface area contributed by atoms with E-state index in [-0.39, 0.29) is 24.9 Å². The predicted molar refractivity (Wildman–Crippen MR) is 83.2 cm³/mol. The third-order valence-electron chi connectivity index (χ3n) is 3.63. The van der Waals surface area contributed by atoms with Gasteiger partial charge in [0.05, 0.1) is 21.7 Å². The van der Waals surface area contributed by atoms with Gasteiger partial charge in [-0.05, 0) is 25.0 Å². The van der Waals surface area contributed by atoms with E-state index in [2.05, 4.69) is 0 Å². The molecule has 0 aromatic carbocycles. The zero-order chi connectivity index (χ0) is 16.3. The van der Waals surface area contributed by atoms with Crippen LogP contribution in [-0.4, -0.2) is 59.4 Å². The number of hydrogen-bond donors (Lipinski definition) is 1. The standard InChI is InChI=1S/C14H17ClN2O4S/c1-16(13(19)10-4-5-11(15)22-10)8-12(18)17-6-2-3-9(7-17)14(20)21/h4-5,9H,2-3,6-8H2,1H3,(H,20,21). The lowest BCUT2D eigenvalue weighted by Crippen LogP contribution is -2.46. The van der Waals surface area contributed by atoms with Crippen molar-refractivity contribution in [3.8, 4) is 0 Å². The van der Waals surface area contributed by atoms with Crippen LogP contribution in [-0.2, 0) is 9.59 Å². The predicted octanol–water partition coefficient (Wildman–Crippen LogP) is 1.80. The minimum absolute atomic E-state index is 0.0688. The molecule has 1 N–H and O–H groups in total. The molecule has 1 fully saturated rings. The van der Waals surface area contributed by atoms with E-state index in [1.807, 2.05) is 0 Å². The summed E-state index contributed by atoms with van der Waals surface area (Å²) in [4.78, 5) is 38.7. The van der Waals surface area contributed by atoms with Crippen molar-refractivity contribution in [2.75, 3.05) is 26.7 Å². The molecule has 0 spiro atoms. The number of rotatable bonds is 4. The van der Waals surface area contributed by atoms with Gasteiger partial charge in [0.2, 0.25) is 5.91 Å². The van der Waals surface area contributed by atoms with Crippen LogP contribution < -0.4 is 0 Å². The van der Waals surface area contributed by atoms with E-state index in [4.69, 9.17) is 16.7 Å². The Morgan fingerprint density at radius 1 is 1.45 bits per heavy atom. The van der Waals surface area contributed by atoms with Gasteiger partial charge in [-0.2, -0.15) is 0 Å². The van der Waals surface area contributed by atoms with Crippen molar-refractivity contribution in [2.24, 2.45) is 5.92 Å². The molecule has 0 bridgehead atoms. The first-order valence-corrected chi connectivity index (χ1v) is 8.09. The molecule has 1 aromatic heterocycles. The van der Waals surface area contributed by atoms with Crippen LogP contribution in [0, 0.1) is 5.92 Å². The second-order valence-electron chi connectivity index (χ2n) is 5.28. The van der Waals surface area contributed by atoms with Crippen LogP contribution in [0.4, 0.5) is 0 Å². The van der Waals surface area contributed by atoms with E-state index in [1.165, 1.54) is 9.80 Å². The molecule has 8 heteroatoms. The second-order valence-corrected chi connectivity index (χ2v) is 7.00. The van der Waals surface area contributed by atoms with Crippen molar-refractivity contribution in [3.05, 3.63) is 21.3 Å². The number of carboxylic acid groups (broad SMARTS) is 1. The Balaban J connectivity index is 1.93. The minimum Gasteiger partial charge on any atom is -0.481 e. The molecule has 120 valence electrons. The van der Waals surface area contributed by atoms with Crippen LogP contribution in [0.1, 0.15) is 22.5 Å². The van der Waals surface area contributed by atoms with Gasteiger partial charge in [0.15, 0.2) is 0 Å². The van der Waals surface area contributed by atoms with Crippen molar-refractivity contribution in [1.82, 2.24) is 9.80 Å². The molecule has 6 nitrogen and oxygen atoms in total. The molecule has 1 aliphatic rings. The van der Waals surface area contributed by atoms with Crippen molar-refractivity contribution < 1.29 is 19.5 Å². The number of hydrogen-bond acceptors (Lipinski definition) is 4. The highest BCUT2D eigenvalue weighted by molar-refractivity contribution is 7.17. The molecule has 1 atom stereocenters. The van der Waals surface area contributed by atoms with E-state index in [0.717, 1.165) is 11.3 Å². The first kappa shape index (κ1) is 16.8. The van der Waals surface area contributed by atoms with E-state index >= 15 is 0 Å². The maximum atomic E-state index is 12.2. The third-order valence-corrected chi connectivity index (χ3v) is 4.85. The van der Waals surface area contributed by atoms with Gasteiger partial charge in [-0.15, -0.1) is 11.3 Å². The quantitative estimate of drug-likeness (QED) is 0.903. The number of amides is 2. The molecule has 2 rings (SSSR count). The smallest absolute Gasteiger partial charge is 0.308 e. The number of thiophene rings is 1. The summed E-state index contributed by atoms with van der Waals surface area (Å²) in [6.07, 6.45) is 1.25. The number of nitrogens with zero attached hydrogens (tertiary/aromatic N) is 2. The molecule has 22 heavy (non-hydrogen) atoms. The number of aliphatic carboxylic acids is 1. The lowest BCUT2D eigenvalue weighted by Gasteiger charge is -2.31. The Morgan fingerprint density at radius 3 is 2.77 bits per heavy atom. The summed E-state index contributed by atoms with van der Waals surface area (Å²) in [6.45, 7) is 0.678. The summed E-state index contributed by atoms with van der Waals surface area (Å²) in [5.41, 5.74) is 0. The van der Waals surface area contributed by atoms with Crippen LogP contribution in [0.5, 0.6) is 0 Å². The molecule has 2 amide bonds. The van der Waals surface area contributed by atoms with Gasteiger partial charge in [0.25, 0.3) is 5.91 Å². The average molecular weight is 345 g/mol. The van der Waals surface area contributed by atoms with Crippen molar-refractivity contribution in [3.63, 3.8) is 0 Å². The van der Waals surface area contributed by atoms with E-state index in [1.54, 1.807) is 19.2 Å². The SMILES string of the molecule is CN(CC(=O)N1CCCC(C(=O)O)C1)C(=O)c1ccc(Cl)s1. The highest BCUT2D eigenvalue weighted by Crippen LogP contribution is 2.22. The Hall–Kier alpha value is -1.60. The molecule has 0 aliphatic carbocycles. The maximum Gasteiger partial charge on any atom is 0.308 e. The Kier molecular flexibility index (Phi) is 5.42. The number of carboxylic acids is 1. The van der Waals surface area contributed by atoms with E-state index in [9.17, 15) is 14.4 Å². The summed E-state index contributed by atoms with van der Waals surface area (Å²) in [7, 11) is 1.55. The van der Waals surface area contributed by atoms with Gasteiger partial charge < -0.3 is 14.9 Å². The van der Waals surface area contributed by atoms with Crippen LogP contribution in [0.2, 0.25) is 4.34 Å². The summed E-state index contributed by atoms with van der Waals surface area (Å²) in [5, 5.41) is 9.05. The minimum atomic E-state index is -0.879. The van der Waals surface area contributed by atoms with Crippen molar-refractivity contribution >= 4 is 40.7 Å². The van der Waals surface area contributed by atoms with Crippen LogP contribution in [0.3, 0.4) is 0 Å². The maximum absolute atomic E-state index is 12.2. The van der Waals surface area contributed by atoms with Crippen LogP contribution in [0.25, 0.3) is 0 Å². The van der Waals surface area contributed by atoms with Gasteiger partial charge >= 0.3 is 5.97 Å². The number of halogens is 1. The fourth-order valence-corrected chi connectivity index (χ4v) is 3.44. The molecular weight excluding hydrogens is 328 g/mol. The monoisotopic (exact) mass is 344 g/mol. The molecule has 1 aromatic rings. The number of piperidine rings is 1. The number of likely N-dealkylation sites (N-methyl/N-ethyl adjacent to an activating group) is 1. The first-order chi connectivity index (χ1) is 10.4. The van der Waals surface area contributed by atoms with Crippen molar-refractivity contribution in [1.29, 1.82) is 0 Å². The van der Waals surface area contributed by atoms with Gasteiger partial charge in [-0.1, -0.05) is 11.6 Å². The zero-order valence-electron chi connectivity index (χ0n) is 12.1. The summed E-state index contributed by atoms with van der Waals surface area (Å²) < 4.78 is 0.517. The second kappa shape index (κ2) is 7.11. The van der Waals surface area contributed by atoms with Crippen LogP contribution in [0.15, 0.2) is 12.1 Å². The third kappa shape index (κ3) is 3.98. The molecule has 0 saturated carbocycles. The number of carbonyl (C=O) groups is 3. The lowest BCUT2D eigenvalue weighted by molar-refractivity contribution is -0.145. The lowest BCUT2D eigenvalue weighted by atomic mass is 9.98. The molecular formula is C14H17ClN2O4S. The van der Waals surface area contributed by atoms with E-state index < -0.39 is 11.9 Å². The van der Waals surface area contributed by atoms with Gasteiger partial charge in [-0.3, -0.25) is 14.4 Å². The molecule has 1 unspecified atom stereocenters. The normalized spacial score (nSPS) is 18.1. The van der Waals surface area contributed by atoms with Crippen LogP contribution >= 0.6 is 22.9 Å². The van der Waals surface area contributed by atoms with E-state index in [0.29, 0.717) is 28.6 Å². The average Bonchev–Trinajstić information content (AvgIpc) is 2.93.